The molecule has 1 aliphatic carbocycles. The van der Waals surface area contributed by atoms with E-state index in [4.69, 9.17) is 0 Å². The molecule has 3 aromatic rings. The number of benzene rings is 1. The van der Waals surface area contributed by atoms with Crippen molar-refractivity contribution in [3.63, 3.8) is 0 Å². The summed E-state index contributed by atoms with van der Waals surface area (Å²) in [6.45, 7) is 2.00. The number of nitrogens with zero attached hydrogens (tertiary/aromatic N) is 3. The first-order valence-corrected chi connectivity index (χ1v) is 11.5. The van der Waals surface area contributed by atoms with Crippen molar-refractivity contribution in [2.75, 3.05) is 4.90 Å². The van der Waals surface area contributed by atoms with Gasteiger partial charge in [-0.25, -0.2) is 4.98 Å². The Morgan fingerprint density at radius 2 is 1.87 bits per heavy atom. The zero-order valence-corrected chi connectivity index (χ0v) is 18.3. The van der Waals surface area contributed by atoms with E-state index in [1.54, 1.807) is 4.90 Å². The van der Waals surface area contributed by atoms with Crippen LogP contribution < -0.4 is 10.2 Å². The quantitative estimate of drug-likeness (QED) is 0.611. The third-order valence-electron chi connectivity index (χ3n) is 5.60. The second-order valence-corrected chi connectivity index (χ2v) is 8.80. The molecule has 1 atom stereocenters. The van der Waals surface area contributed by atoms with Crippen molar-refractivity contribution in [3.05, 3.63) is 77.2 Å². The number of thiophene rings is 1. The van der Waals surface area contributed by atoms with Crippen molar-refractivity contribution < 1.29 is 9.59 Å². The van der Waals surface area contributed by atoms with Crippen LogP contribution in [0.2, 0.25) is 0 Å². The Bertz CT molecular complexity index is 1000. The van der Waals surface area contributed by atoms with Crippen LogP contribution in [0.15, 0.2) is 60.4 Å². The molecule has 4 rings (SSSR count). The summed E-state index contributed by atoms with van der Waals surface area (Å²) < 4.78 is 0. The van der Waals surface area contributed by atoms with Gasteiger partial charge in [-0.3, -0.25) is 19.5 Å². The van der Waals surface area contributed by atoms with Crippen LogP contribution in [0, 0.1) is 6.92 Å². The fraction of sp³-hybridized carbons (Fsp3) is 0.333. The minimum atomic E-state index is -0.796. The fourth-order valence-corrected chi connectivity index (χ4v) is 4.73. The molecule has 7 heteroatoms. The van der Waals surface area contributed by atoms with Gasteiger partial charge in [0.1, 0.15) is 11.7 Å². The molecule has 1 fully saturated rings. The van der Waals surface area contributed by atoms with E-state index in [0.717, 1.165) is 36.8 Å². The number of amides is 2. The van der Waals surface area contributed by atoms with Crippen LogP contribution >= 0.6 is 11.3 Å². The predicted octanol–water partition coefficient (Wildman–Crippen LogP) is 4.68. The van der Waals surface area contributed by atoms with Gasteiger partial charge < -0.3 is 5.32 Å². The van der Waals surface area contributed by atoms with Crippen molar-refractivity contribution in [3.8, 4) is 0 Å². The van der Waals surface area contributed by atoms with Gasteiger partial charge in [0.05, 0.1) is 11.2 Å². The fourth-order valence-electron chi connectivity index (χ4n) is 3.98. The topological polar surface area (TPSA) is 75.2 Å². The molecule has 0 radical (unpaired) electrons. The maximum Gasteiger partial charge on any atom is 0.280 e. The number of hydrogen-bond acceptors (Lipinski definition) is 5. The monoisotopic (exact) mass is 434 g/mol. The molecular weight excluding hydrogens is 408 g/mol. The minimum absolute atomic E-state index is 0.144. The van der Waals surface area contributed by atoms with Gasteiger partial charge in [-0.1, -0.05) is 49.1 Å². The summed E-state index contributed by atoms with van der Waals surface area (Å²) in [5.74, 6) is -0.513. The van der Waals surface area contributed by atoms with Crippen LogP contribution in [-0.4, -0.2) is 27.8 Å². The van der Waals surface area contributed by atoms with E-state index in [2.05, 4.69) is 15.3 Å². The third kappa shape index (κ3) is 4.99. The van der Waals surface area contributed by atoms with Crippen molar-refractivity contribution >= 4 is 28.2 Å². The van der Waals surface area contributed by atoms with Gasteiger partial charge in [-0.15, -0.1) is 11.3 Å². The number of aromatic nitrogens is 2. The van der Waals surface area contributed by atoms with E-state index in [-0.39, 0.29) is 23.6 Å². The summed E-state index contributed by atoms with van der Waals surface area (Å²) in [4.78, 5) is 37.0. The van der Waals surface area contributed by atoms with E-state index in [1.807, 2.05) is 48.7 Å². The number of carbonyl (C=O) groups excluding carboxylic acids is 2. The molecule has 6 nitrogen and oxygen atoms in total. The molecule has 0 saturated heterocycles. The molecule has 2 aromatic heterocycles. The second-order valence-electron chi connectivity index (χ2n) is 7.87. The van der Waals surface area contributed by atoms with Crippen molar-refractivity contribution in [2.45, 2.75) is 51.1 Å². The zero-order chi connectivity index (χ0) is 21.6. The highest BCUT2D eigenvalue weighted by Crippen LogP contribution is 2.33. The molecule has 0 unspecified atom stereocenters. The lowest BCUT2D eigenvalue weighted by atomic mass is 9.94. The maximum absolute atomic E-state index is 13.6. The lowest BCUT2D eigenvalue weighted by molar-refractivity contribution is -0.123. The molecular formula is C24H26N4O2S. The first-order valence-electron chi connectivity index (χ1n) is 10.6. The molecule has 2 heterocycles. The van der Waals surface area contributed by atoms with Crippen LogP contribution in [0.4, 0.5) is 5.00 Å². The van der Waals surface area contributed by atoms with E-state index in [1.165, 1.54) is 36.3 Å². The smallest absolute Gasteiger partial charge is 0.280 e. The van der Waals surface area contributed by atoms with Gasteiger partial charge in [-0.2, -0.15) is 0 Å². The molecule has 1 N–H and O–H groups in total. The minimum Gasteiger partial charge on any atom is -0.351 e. The third-order valence-corrected chi connectivity index (χ3v) is 6.46. The van der Waals surface area contributed by atoms with Gasteiger partial charge in [0.15, 0.2) is 0 Å². The van der Waals surface area contributed by atoms with E-state index in [9.17, 15) is 9.59 Å². The van der Waals surface area contributed by atoms with Crippen molar-refractivity contribution in [2.24, 2.45) is 0 Å². The number of rotatable bonds is 6. The van der Waals surface area contributed by atoms with Crippen LogP contribution in [0.25, 0.3) is 0 Å². The normalized spacial score (nSPS) is 15.3. The predicted molar refractivity (Wildman–Crippen MR) is 122 cm³/mol. The molecule has 1 aromatic carbocycles. The molecule has 1 aliphatic rings. The Morgan fingerprint density at radius 3 is 2.52 bits per heavy atom. The molecule has 0 spiro atoms. The molecule has 0 bridgehead atoms. The molecule has 31 heavy (non-hydrogen) atoms. The first-order chi connectivity index (χ1) is 15.1. The van der Waals surface area contributed by atoms with E-state index < -0.39 is 6.04 Å². The van der Waals surface area contributed by atoms with E-state index in [0.29, 0.717) is 5.00 Å². The lowest BCUT2D eigenvalue weighted by Crippen LogP contribution is -2.47. The molecule has 2 amide bonds. The first kappa shape index (κ1) is 21.2. The summed E-state index contributed by atoms with van der Waals surface area (Å²) in [6, 6.07) is 10.9. The Morgan fingerprint density at radius 1 is 1.10 bits per heavy atom. The van der Waals surface area contributed by atoms with Gasteiger partial charge in [0.25, 0.3) is 5.91 Å². The maximum atomic E-state index is 13.6. The van der Waals surface area contributed by atoms with Crippen molar-refractivity contribution in [1.82, 2.24) is 15.3 Å². The summed E-state index contributed by atoms with van der Waals surface area (Å²) >= 11 is 1.42. The SMILES string of the molecule is Cc1ccc([C@@H](C(=O)NC2CCCCC2)N(C(=O)c2cnccn2)c2cccs2)cc1. The summed E-state index contributed by atoms with van der Waals surface area (Å²) in [5, 5.41) is 5.81. The highest BCUT2D eigenvalue weighted by molar-refractivity contribution is 7.14. The number of hydrogen-bond donors (Lipinski definition) is 1. The van der Waals surface area contributed by atoms with E-state index >= 15 is 0 Å². The summed E-state index contributed by atoms with van der Waals surface area (Å²) in [5.41, 5.74) is 2.07. The highest BCUT2D eigenvalue weighted by Gasteiger charge is 2.35. The summed E-state index contributed by atoms with van der Waals surface area (Å²) in [6.07, 6.45) is 9.85. The molecule has 1 saturated carbocycles. The second kappa shape index (κ2) is 9.83. The number of aryl methyl sites for hydroxylation is 1. The average molecular weight is 435 g/mol. The number of carbonyl (C=O) groups is 2. The van der Waals surface area contributed by atoms with Gasteiger partial charge in [0.2, 0.25) is 5.91 Å². The molecule has 160 valence electrons. The van der Waals surface area contributed by atoms with Crippen LogP contribution in [-0.2, 0) is 4.79 Å². The Balaban J connectivity index is 1.75. The lowest BCUT2D eigenvalue weighted by Gasteiger charge is -2.32. The average Bonchev–Trinajstić information content (AvgIpc) is 3.33. The Hall–Kier alpha value is -3.06. The van der Waals surface area contributed by atoms with Gasteiger partial charge >= 0.3 is 0 Å². The highest BCUT2D eigenvalue weighted by atomic mass is 32.1. The zero-order valence-electron chi connectivity index (χ0n) is 17.5. The van der Waals surface area contributed by atoms with Crippen LogP contribution in [0.1, 0.15) is 59.8 Å². The van der Waals surface area contributed by atoms with Gasteiger partial charge in [-0.05, 0) is 42.8 Å². The number of anilines is 1. The Kier molecular flexibility index (Phi) is 6.72. The standard InChI is InChI=1S/C24H26N4O2S/c1-17-9-11-18(12-10-17)22(23(29)27-19-6-3-2-4-7-19)28(21-8-5-15-31-21)24(30)20-16-25-13-14-26-20/h5,8-16,19,22H,2-4,6-7H2,1H3,(H,27,29)/t22-/m0/s1. The largest absolute Gasteiger partial charge is 0.351 e. The summed E-state index contributed by atoms with van der Waals surface area (Å²) in [7, 11) is 0. The van der Waals surface area contributed by atoms with Crippen molar-refractivity contribution in [1.29, 1.82) is 0 Å². The van der Waals surface area contributed by atoms with Gasteiger partial charge in [0, 0.05) is 18.4 Å². The Labute approximate surface area is 186 Å². The molecule has 0 aliphatic heterocycles. The number of nitrogens with one attached hydrogen (secondary N) is 1. The van der Waals surface area contributed by atoms with Crippen LogP contribution in [0.3, 0.4) is 0 Å². The van der Waals surface area contributed by atoms with Crippen LogP contribution in [0.5, 0.6) is 0 Å².